The molecule has 0 aromatic heterocycles. The number of hydrogen-bond acceptors (Lipinski definition) is 2. The van der Waals surface area contributed by atoms with E-state index in [-0.39, 0.29) is 29.9 Å². The molecule has 0 radical (unpaired) electrons. The summed E-state index contributed by atoms with van der Waals surface area (Å²) < 4.78 is 0. The van der Waals surface area contributed by atoms with Gasteiger partial charge in [-0.15, -0.1) is 24.0 Å². The number of aryl methyl sites for hydroxylation is 1. The molecule has 0 fully saturated rings. The number of guanidine groups is 1. The first-order valence-corrected chi connectivity index (χ1v) is 9.10. The van der Waals surface area contributed by atoms with Gasteiger partial charge in [-0.05, 0) is 48.6 Å². The molecule has 2 aromatic rings. The second-order valence-corrected chi connectivity index (χ2v) is 6.70. The molecule has 0 saturated heterocycles. The summed E-state index contributed by atoms with van der Waals surface area (Å²) in [4.78, 5) is 18.7. The Morgan fingerprint density at radius 2 is 1.96 bits per heavy atom. The first-order chi connectivity index (χ1) is 12.6. The SMILES string of the molecule is Cc1cccc(NC(N)=NCCCC(=O)N2CCc3ccccc3C2)c1.I. The minimum atomic E-state index is 0. The third-order valence-electron chi connectivity index (χ3n) is 4.60. The fourth-order valence-electron chi connectivity index (χ4n) is 3.21. The molecule has 5 nitrogen and oxygen atoms in total. The standard InChI is InChI=1S/C21H26N4O.HI/c1-16-6-4-9-19(14-16)24-21(22)23-12-5-10-20(26)25-13-11-17-7-2-3-8-18(17)15-25;/h2-4,6-9,14H,5,10-13,15H2,1H3,(H3,22,23,24);1H. The molecule has 0 bridgehead atoms. The van der Waals surface area contributed by atoms with Crippen molar-refractivity contribution in [1.82, 2.24) is 4.90 Å². The number of aliphatic imine (C=N–C) groups is 1. The number of nitrogens with two attached hydrogens (primary N) is 1. The third kappa shape index (κ3) is 6.23. The number of nitrogens with zero attached hydrogens (tertiary/aromatic N) is 2. The van der Waals surface area contributed by atoms with Crippen LogP contribution in [0.4, 0.5) is 5.69 Å². The van der Waals surface area contributed by atoms with Crippen molar-refractivity contribution in [3.63, 3.8) is 0 Å². The molecule has 3 N–H and O–H groups in total. The van der Waals surface area contributed by atoms with Gasteiger partial charge in [0.2, 0.25) is 5.91 Å². The Morgan fingerprint density at radius 3 is 2.74 bits per heavy atom. The lowest BCUT2D eigenvalue weighted by Gasteiger charge is -2.28. The van der Waals surface area contributed by atoms with Crippen molar-refractivity contribution >= 4 is 41.5 Å². The van der Waals surface area contributed by atoms with Gasteiger partial charge in [-0.25, -0.2) is 0 Å². The molecule has 144 valence electrons. The van der Waals surface area contributed by atoms with Gasteiger partial charge < -0.3 is 16.0 Å². The van der Waals surface area contributed by atoms with E-state index < -0.39 is 0 Å². The number of hydrogen-bond donors (Lipinski definition) is 2. The van der Waals surface area contributed by atoms with Crippen molar-refractivity contribution in [2.24, 2.45) is 10.7 Å². The van der Waals surface area contributed by atoms with Crippen LogP contribution in [0, 0.1) is 6.92 Å². The summed E-state index contributed by atoms with van der Waals surface area (Å²) in [5, 5.41) is 3.08. The number of amides is 1. The summed E-state index contributed by atoms with van der Waals surface area (Å²) in [7, 11) is 0. The van der Waals surface area contributed by atoms with Crippen molar-refractivity contribution in [2.75, 3.05) is 18.4 Å². The van der Waals surface area contributed by atoms with Gasteiger partial charge in [0.1, 0.15) is 0 Å². The highest BCUT2D eigenvalue weighted by Crippen LogP contribution is 2.19. The summed E-state index contributed by atoms with van der Waals surface area (Å²) in [6, 6.07) is 16.3. The van der Waals surface area contributed by atoms with Crippen LogP contribution >= 0.6 is 24.0 Å². The van der Waals surface area contributed by atoms with Gasteiger partial charge in [0.25, 0.3) is 0 Å². The third-order valence-corrected chi connectivity index (χ3v) is 4.60. The molecule has 2 aromatic carbocycles. The second-order valence-electron chi connectivity index (χ2n) is 6.70. The molecule has 1 aliphatic rings. The second kappa shape index (κ2) is 10.3. The minimum Gasteiger partial charge on any atom is -0.370 e. The number of carbonyl (C=O) groups excluding carboxylic acids is 1. The molecular weight excluding hydrogens is 451 g/mol. The maximum absolute atomic E-state index is 12.4. The Morgan fingerprint density at radius 1 is 1.19 bits per heavy atom. The van der Waals surface area contributed by atoms with Crippen molar-refractivity contribution in [3.05, 3.63) is 65.2 Å². The Bertz CT molecular complexity index is 806. The van der Waals surface area contributed by atoms with E-state index in [9.17, 15) is 4.79 Å². The summed E-state index contributed by atoms with van der Waals surface area (Å²) in [5.74, 6) is 0.579. The number of nitrogens with one attached hydrogen (secondary N) is 1. The lowest BCUT2D eigenvalue weighted by Crippen LogP contribution is -2.35. The predicted molar refractivity (Wildman–Crippen MR) is 122 cm³/mol. The molecule has 1 aliphatic heterocycles. The molecule has 0 saturated carbocycles. The molecule has 6 heteroatoms. The van der Waals surface area contributed by atoms with Gasteiger partial charge in [0.05, 0.1) is 0 Å². The molecule has 0 spiro atoms. The van der Waals surface area contributed by atoms with E-state index in [0.717, 1.165) is 30.8 Å². The van der Waals surface area contributed by atoms with E-state index in [1.807, 2.05) is 42.2 Å². The summed E-state index contributed by atoms with van der Waals surface area (Å²) in [6.45, 7) is 4.09. The normalized spacial score (nSPS) is 13.5. The van der Waals surface area contributed by atoms with E-state index >= 15 is 0 Å². The number of carbonyl (C=O) groups is 1. The van der Waals surface area contributed by atoms with Crippen LogP contribution in [0.3, 0.4) is 0 Å². The highest BCUT2D eigenvalue weighted by molar-refractivity contribution is 14.0. The number of halogens is 1. The fourth-order valence-corrected chi connectivity index (χ4v) is 3.21. The number of rotatable bonds is 5. The van der Waals surface area contributed by atoms with Crippen LogP contribution in [0.15, 0.2) is 53.5 Å². The number of fused-ring (bicyclic) bond motifs is 1. The van der Waals surface area contributed by atoms with Crippen LogP contribution < -0.4 is 11.1 Å². The smallest absolute Gasteiger partial charge is 0.222 e. The molecule has 1 heterocycles. The Balaban J connectivity index is 0.00000261. The monoisotopic (exact) mass is 478 g/mol. The Labute approximate surface area is 178 Å². The maximum Gasteiger partial charge on any atom is 0.222 e. The first kappa shape index (κ1) is 21.2. The average molecular weight is 478 g/mol. The van der Waals surface area contributed by atoms with E-state index in [2.05, 4.69) is 28.5 Å². The van der Waals surface area contributed by atoms with Gasteiger partial charge in [-0.3, -0.25) is 9.79 Å². The van der Waals surface area contributed by atoms with Crippen molar-refractivity contribution < 1.29 is 4.79 Å². The van der Waals surface area contributed by atoms with Crippen molar-refractivity contribution in [2.45, 2.75) is 32.7 Å². The molecule has 1 amide bonds. The largest absolute Gasteiger partial charge is 0.370 e. The average Bonchev–Trinajstić information content (AvgIpc) is 2.64. The molecule has 27 heavy (non-hydrogen) atoms. The number of benzene rings is 2. The van der Waals surface area contributed by atoms with Crippen LogP contribution in [-0.2, 0) is 17.8 Å². The van der Waals surface area contributed by atoms with Gasteiger partial charge in [-0.1, -0.05) is 36.4 Å². The van der Waals surface area contributed by atoms with Gasteiger partial charge in [0, 0.05) is 31.7 Å². The highest BCUT2D eigenvalue weighted by Gasteiger charge is 2.19. The fraction of sp³-hybridized carbons (Fsp3) is 0.333. The van der Waals surface area contributed by atoms with Crippen molar-refractivity contribution in [3.8, 4) is 0 Å². The van der Waals surface area contributed by atoms with E-state index in [0.29, 0.717) is 25.3 Å². The molecule has 0 unspecified atom stereocenters. The van der Waals surface area contributed by atoms with E-state index in [4.69, 9.17) is 5.73 Å². The molecule has 3 rings (SSSR count). The number of anilines is 1. The summed E-state index contributed by atoms with van der Waals surface area (Å²) in [5.41, 5.74) is 10.6. The quantitative estimate of drug-likeness (QED) is 0.298. The van der Waals surface area contributed by atoms with Crippen LogP contribution in [0.5, 0.6) is 0 Å². The van der Waals surface area contributed by atoms with Gasteiger partial charge in [0.15, 0.2) is 5.96 Å². The lowest BCUT2D eigenvalue weighted by atomic mass is 9.99. The minimum absolute atomic E-state index is 0. The van der Waals surface area contributed by atoms with Crippen LogP contribution in [0.1, 0.15) is 29.5 Å². The lowest BCUT2D eigenvalue weighted by molar-refractivity contribution is -0.132. The zero-order valence-corrected chi connectivity index (χ0v) is 18.0. The van der Waals surface area contributed by atoms with Gasteiger partial charge in [-0.2, -0.15) is 0 Å². The molecule has 0 aliphatic carbocycles. The predicted octanol–water partition coefficient (Wildman–Crippen LogP) is 3.70. The van der Waals surface area contributed by atoms with Crippen molar-refractivity contribution in [1.29, 1.82) is 0 Å². The zero-order valence-electron chi connectivity index (χ0n) is 15.6. The highest BCUT2D eigenvalue weighted by atomic mass is 127. The van der Waals surface area contributed by atoms with Crippen LogP contribution in [0.25, 0.3) is 0 Å². The Hall–Kier alpha value is -2.09. The summed E-state index contributed by atoms with van der Waals surface area (Å²) >= 11 is 0. The zero-order chi connectivity index (χ0) is 18.4. The molecular formula is C21H27IN4O. The van der Waals surface area contributed by atoms with Crippen LogP contribution in [0.2, 0.25) is 0 Å². The topological polar surface area (TPSA) is 70.7 Å². The van der Waals surface area contributed by atoms with Gasteiger partial charge >= 0.3 is 0 Å². The van der Waals surface area contributed by atoms with Crippen LogP contribution in [-0.4, -0.2) is 29.9 Å². The van der Waals surface area contributed by atoms with E-state index in [1.165, 1.54) is 11.1 Å². The van der Waals surface area contributed by atoms with E-state index in [1.54, 1.807) is 0 Å². The maximum atomic E-state index is 12.4. The Kier molecular flexibility index (Phi) is 8.09. The first-order valence-electron chi connectivity index (χ1n) is 9.10. The molecule has 0 atom stereocenters. The summed E-state index contributed by atoms with van der Waals surface area (Å²) in [6.07, 6.45) is 2.14.